The predicted molar refractivity (Wildman–Crippen MR) is 108 cm³/mol. The number of para-hydroxylation sites is 1. The van der Waals surface area contributed by atoms with Crippen LogP contribution in [-0.4, -0.2) is 46.7 Å². The summed E-state index contributed by atoms with van der Waals surface area (Å²) in [5, 5.41) is 3.51. The molecular formula is C22H32N4O. The van der Waals surface area contributed by atoms with Crippen molar-refractivity contribution in [1.82, 2.24) is 19.8 Å². The Morgan fingerprint density at radius 2 is 2.00 bits per heavy atom. The molecule has 1 atom stereocenters. The number of benzene rings is 1. The average Bonchev–Trinajstić information content (AvgIpc) is 3.18. The monoisotopic (exact) mass is 368 g/mol. The third-order valence-electron chi connectivity index (χ3n) is 6.49. The molecule has 0 amide bonds. The number of rotatable bonds is 7. The Bertz CT molecular complexity index is 758. The van der Waals surface area contributed by atoms with Crippen LogP contribution in [0, 0.1) is 19.3 Å². The Labute approximate surface area is 162 Å². The van der Waals surface area contributed by atoms with Crippen LogP contribution in [0.5, 0.6) is 5.75 Å². The van der Waals surface area contributed by atoms with Crippen LogP contribution in [0.3, 0.4) is 0 Å². The van der Waals surface area contributed by atoms with E-state index in [4.69, 9.17) is 4.74 Å². The van der Waals surface area contributed by atoms with Crippen LogP contribution in [0.4, 0.5) is 0 Å². The predicted octanol–water partition coefficient (Wildman–Crippen LogP) is 3.06. The first-order valence-electron chi connectivity index (χ1n) is 10.2. The lowest BCUT2D eigenvalue weighted by molar-refractivity contribution is 0.157. The van der Waals surface area contributed by atoms with Crippen molar-refractivity contribution < 1.29 is 4.74 Å². The molecule has 4 rings (SSSR count). The molecule has 27 heavy (non-hydrogen) atoms. The molecule has 1 N–H and O–H groups in total. The Kier molecular flexibility index (Phi) is 5.24. The molecule has 2 aromatic rings. The summed E-state index contributed by atoms with van der Waals surface area (Å²) in [5.41, 5.74) is 2.95. The minimum atomic E-state index is 0.523. The molecule has 0 radical (unpaired) electrons. The van der Waals surface area contributed by atoms with E-state index in [9.17, 15) is 0 Å². The van der Waals surface area contributed by atoms with Crippen molar-refractivity contribution in [2.45, 2.75) is 45.7 Å². The zero-order valence-electron chi connectivity index (χ0n) is 16.9. The lowest BCUT2D eigenvalue weighted by atomic mass is 9.93. The average molecular weight is 369 g/mol. The van der Waals surface area contributed by atoms with Gasteiger partial charge in [0.1, 0.15) is 18.2 Å². The van der Waals surface area contributed by atoms with Gasteiger partial charge in [0.05, 0.1) is 6.54 Å². The van der Waals surface area contributed by atoms with Crippen molar-refractivity contribution in [3.63, 3.8) is 0 Å². The summed E-state index contributed by atoms with van der Waals surface area (Å²) < 4.78 is 8.36. The van der Waals surface area contributed by atoms with Crippen molar-refractivity contribution >= 4 is 0 Å². The maximum Gasteiger partial charge on any atom is 0.125 e. The minimum Gasteiger partial charge on any atom is -0.492 e. The summed E-state index contributed by atoms with van der Waals surface area (Å²) >= 11 is 0. The van der Waals surface area contributed by atoms with Crippen molar-refractivity contribution in [3.8, 4) is 5.75 Å². The Hall–Kier alpha value is -1.85. The number of aromatic nitrogens is 2. The number of aryl methyl sites for hydroxylation is 3. The summed E-state index contributed by atoms with van der Waals surface area (Å²) in [5.74, 6) is 2.18. The molecule has 1 spiro atoms. The van der Waals surface area contributed by atoms with E-state index in [1.54, 1.807) is 0 Å². The van der Waals surface area contributed by atoms with Gasteiger partial charge in [0, 0.05) is 32.0 Å². The van der Waals surface area contributed by atoms with Gasteiger partial charge in [-0.2, -0.15) is 0 Å². The van der Waals surface area contributed by atoms with Gasteiger partial charge < -0.3 is 14.6 Å². The fourth-order valence-electron chi connectivity index (χ4n) is 4.67. The van der Waals surface area contributed by atoms with E-state index in [1.807, 2.05) is 12.4 Å². The second kappa shape index (κ2) is 7.64. The van der Waals surface area contributed by atoms with E-state index < -0.39 is 0 Å². The number of imidazole rings is 1. The topological polar surface area (TPSA) is 42.3 Å². The summed E-state index contributed by atoms with van der Waals surface area (Å²) in [6, 6.07) is 7.01. The first-order valence-corrected chi connectivity index (χ1v) is 10.2. The number of piperidine rings is 1. The first-order chi connectivity index (χ1) is 13.1. The van der Waals surface area contributed by atoms with Crippen LogP contribution in [-0.2, 0) is 13.6 Å². The van der Waals surface area contributed by atoms with Crippen LogP contribution in [0.15, 0.2) is 30.6 Å². The molecule has 0 bridgehead atoms. The fourth-order valence-corrected chi connectivity index (χ4v) is 4.67. The third kappa shape index (κ3) is 3.90. The minimum absolute atomic E-state index is 0.523. The molecule has 5 nitrogen and oxygen atoms in total. The standard InChI is InChI=1S/C22H32N4O/c1-17-5-4-6-18(2)21(17)27-14-13-26(16-20-24-11-12-25(20)3)19-15-22(19)7-9-23-10-8-22/h4-6,11-12,19,23H,7-10,13-16H2,1-3H3. The lowest BCUT2D eigenvalue weighted by Gasteiger charge is -2.29. The molecule has 146 valence electrons. The number of nitrogens with one attached hydrogen (secondary N) is 1. The molecule has 2 heterocycles. The number of hydrogen-bond acceptors (Lipinski definition) is 4. The molecule has 1 aliphatic carbocycles. The van der Waals surface area contributed by atoms with Gasteiger partial charge in [-0.05, 0) is 62.7 Å². The van der Waals surface area contributed by atoms with E-state index in [1.165, 1.54) is 30.4 Å². The molecule has 2 fully saturated rings. The van der Waals surface area contributed by atoms with Gasteiger partial charge in [0.15, 0.2) is 0 Å². The van der Waals surface area contributed by atoms with E-state index in [2.05, 4.69) is 58.9 Å². The zero-order valence-corrected chi connectivity index (χ0v) is 16.9. The van der Waals surface area contributed by atoms with E-state index in [0.717, 1.165) is 44.4 Å². The molecule has 1 aliphatic heterocycles. The maximum absolute atomic E-state index is 6.22. The number of nitrogens with zero attached hydrogens (tertiary/aromatic N) is 3. The molecule has 1 unspecified atom stereocenters. The molecular weight excluding hydrogens is 336 g/mol. The van der Waals surface area contributed by atoms with Gasteiger partial charge in [-0.15, -0.1) is 0 Å². The molecule has 5 heteroatoms. The number of ether oxygens (including phenoxy) is 1. The fraction of sp³-hybridized carbons (Fsp3) is 0.591. The Balaban J connectivity index is 1.43. The highest BCUT2D eigenvalue weighted by Crippen LogP contribution is 2.55. The largest absolute Gasteiger partial charge is 0.492 e. The molecule has 1 aromatic heterocycles. The molecule has 1 saturated carbocycles. The van der Waals surface area contributed by atoms with Crippen LogP contribution in [0.1, 0.15) is 36.2 Å². The van der Waals surface area contributed by atoms with Crippen LogP contribution >= 0.6 is 0 Å². The smallest absolute Gasteiger partial charge is 0.125 e. The summed E-state index contributed by atoms with van der Waals surface area (Å²) in [7, 11) is 2.08. The maximum atomic E-state index is 6.22. The van der Waals surface area contributed by atoms with Crippen LogP contribution in [0.25, 0.3) is 0 Å². The second-order valence-corrected chi connectivity index (χ2v) is 8.33. The SMILES string of the molecule is Cc1cccc(C)c1OCCN(Cc1nccn1C)C1CC12CCNCC2. The van der Waals surface area contributed by atoms with Gasteiger partial charge in [0.2, 0.25) is 0 Å². The van der Waals surface area contributed by atoms with E-state index in [0.29, 0.717) is 11.5 Å². The van der Waals surface area contributed by atoms with Gasteiger partial charge in [-0.25, -0.2) is 4.98 Å². The van der Waals surface area contributed by atoms with Gasteiger partial charge in [0.25, 0.3) is 0 Å². The summed E-state index contributed by atoms with van der Waals surface area (Å²) in [4.78, 5) is 7.17. The third-order valence-corrected chi connectivity index (χ3v) is 6.49. The van der Waals surface area contributed by atoms with Crippen molar-refractivity contribution in [1.29, 1.82) is 0 Å². The first kappa shape index (κ1) is 18.5. The molecule has 1 aromatic carbocycles. The van der Waals surface area contributed by atoms with Gasteiger partial charge in [-0.1, -0.05) is 18.2 Å². The van der Waals surface area contributed by atoms with Crippen molar-refractivity contribution in [3.05, 3.63) is 47.5 Å². The Morgan fingerprint density at radius 3 is 2.67 bits per heavy atom. The highest BCUT2D eigenvalue weighted by molar-refractivity contribution is 5.39. The quantitative estimate of drug-likeness (QED) is 0.816. The van der Waals surface area contributed by atoms with Gasteiger partial charge in [-0.3, -0.25) is 4.90 Å². The highest BCUT2D eigenvalue weighted by atomic mass is 16.5. The normalized spacial score (nSPS) is 21.0. The van der Waals surface area contributed by atoms with E-state index in [-0.39, 0.29) is 0 Å². The lowest BCUT2D eigenvalue weighted by Crippen LogP contribution is -2.38. The zero-order chi connectivity index (χ0) is 18.9. The summed E-state index contributed by atoms with van der Waals surface area (Å²) in [6.45, 7) is 9.13. The Morgan fingerprint density at radius 1 is 1.26 bits per heavy atom. The van der Waals surface area contributed by atoms with Gasteiger partial charge >= 0.3 is 0 Å². The highest BCUT2D eigenvalue weighted by Gasteiger charge is 2.56. The van der Waals surface area contributed by atoms with Crippen molar-refractivity contribution in [2.24, 2.45) is 12.5 Å². The van der Waals surface area contributed by atoms with E-state index >= 15 is 0 Å². The molecule has 1 saturated heterocycles. The summed E-state index contributed by atoms with van der Waals surface area (Å²) in [6.07, 6.45) is 7.85. The van der Waals surface area contributed by atoms with Crippen molar-refractivity contribution in [2.75, 3.05) is 26.2 Å². The van der Waals surface area contributed by atoms with Crippen LogP contribution < -0.4 is 10.1 Å². The molecule has 2 aliphatic rings. The van der Waals surface area contributed by atoms with Crippen LogP contribution in [0.2, 0.25) is 0 Å². The second-order valence-electron chi connectivity index (χ2n) is 8.33. The number of hydrogen-bond donors (Lipinski definition) is 1.